The predicted molar refractivity (Wildman–Crippen MR) is 112 cm³/mol. The molecule has 0 aliphatic rings. The Morgan fingerprint density at radius 2 is 1.46 bits per heavy atom. The van der Waals surface area contributed by atoms with Gasteiger partial charge >= 0.3 is 0 Å². The zero-order chi connectivity index (χ0) is 18.5. The molecular weight excluding hydrogens is 346 g/mol. The molecule has 4 nitrogen and oxygen atoms in total. The minimum absolute atomic E-state index is 0.724. The number of furan rings is 1. The highest BCUT2D eigenvalue weighted by Gasteiger charge is 2.16. The molecule has 0 aliphatic carbocycles. The zero-order valence-electron chi connectivity index (χ0n) is 14.9. The van der Waals surface area contributed by atoms with E-state index < -0.39 is 0 Å². The molecule has 0 spiro atoms. The van der Waals surface area contributed by atoms with Crippen LogP contribution in [0.3, 0.4) is 0 Å². The highest BCUT2D eigenvalue weighted by molar-refractivity contribution is 6.20. The zero-order valence-corrected chi connectivity index (χ0v) is 14.9. The number of hydrogen-bond donors (Lipinski definition) is 0. The van der Waals surface area contributed by atoms with Crippen LogP contribution in [0.15, 0.2) is 95.9 Å². The monoisotopic (exact) mass is 361 g/mol. The predicted octanol–water partition coefficient (Wildman–Crippen LogP) is 5.99. The number of fused-ring (bicyclic) bond motifs is 5. The smallest absolute Gasteiger partial charge is 0.159 e. The van der Waals surface area contributed by atoms with Gasteiger partial charge in [-0.3, -0.25) is 0 Å². The van der Waals surface area contributed by atoms with Crippen molar-refractivity contribution in [2.45, 2.75) is 0 Å². The molecule has 0 saturated carbocycles. The lowest BCUT2D eigenvalue weighted by atomic mass is 10.1. The molecule has 0 fully saturated rings. The molecule has 0 bridgehead atoms. The molecule has 28 heavy (non-hydrogen) atoms. The van der Waals surface area contributed by atoms with Crippen molar-refractivity contribution >= 4 is 32.8 Å². The Balaban J connectivity index is 1.63. The van der Waals surface area contributed by atoms with Crippen molar-refractivity contribution in [3.63, 3.8) is 0 Å². The second kappa shape index (κ2) is 5.79. The summed E-state index contributed by atoms with van der Waals surface area (Å²) in [5, 5.41) is 3.50. The van der Waals surface area contributed by atoms with Crippen LogP contribution in [0.2, 0.25) is 0 Å². The van der Waals surface area contributed by atoms with Crippen LogP contribution in [-0.2, 0) is 0 Å². The van der Waals surface area contributed by atoms with Crippen molar-refractivity contribution in [3.8, 4) is 17.1 Å². The number of nitrogens with zero attached hydrogens (tertiary/aromatic N) is 3. The molecule has 0 aliphatic heterocycles. The van der Waals surface area contributed by atoms with Crippen LogP contribution in [-0.4, -0.2) is 14.5 Å². The van der Waals surface area contributed by atoms with E-state index in [1.54, 1.807) is 6.26 Å². The average Bonchev–Trinajstić information content (AvgIpc) is 3.36. The van der Waals surface area contributed by atoms with Crippen molar-refractivity contribution in [2.24, 2.45) is 0 Å². The molecule has 3 heterocycles. The lowest BCUT2D eigenvalue weighted by Crippen LogP contribution is -1.97. The van der Waals surface area contributed by atoms with E-state index in [1.807, 2.05) is 54.9 Å². The van der Waals surface area contributed by atoms with Gasteiger partial charge in [-0.2, -0.15) is 0 Å². The summed E-state index contributed by atoms with van der Waals surface area (Å²) in [4.78, 5) is 9.24. The lowest BCUT2D eigenvalue weighted by Gasteiger charge is -2.08. The van der Waals surface area contributed by atoms with Crippen molar-refractivity contribution < 1.29 is 4.42 Å². The maximum atomic E-state index is 5.62. The Kier molecular flexibility index (Phi) is 3.14. The quantitative estimate of drug-likeness (QED) is 0.381. The first-order valence-electron chi connectivity index (χ1n) is 9.17. The third kappa shape index (κ3) is 2.12. The highest BCUT2D eigenvalue weighted by Crippen LogP contribution is 2.36. The van der Waals surface area contributed by atoms with E-state index in [0.717, 1.165) is 39.1 Å². The molecular formula is C24H15N3O. The first-order valence-corrected chi connectivity index (χ1v) is 9.17. The molecule has 0 radical (unpaired) electrons. The molecule has 0 atom stereocenters. The maximum absolute atomic E-state index is 5.62. The summed E-state index contributed by atoms with van der Waals surface area (Å²) in [7, 11) is 0. The second-order valence-electron chi connectivity index (χ2n) is 6.78. The van der Waals surface area contributed by atoms with Crippen LogP contribution in [0.25, 0.3) is 49.9 Å². The molecule has 132 valence electrons. The highest BCUT2D eigenvalue weighted by atomic mass is 16.3. The Labute approximate surface area is 160 Å². The average molecular weight is 361 g/mol. The van der Waals surface area contributed by atoms with Crippen LogP contribution in [0, 0.1) is 0 Å². The van der Waals surface area contributed by atoms with Gasteiger partial charge in [0.05, 0.1) is 35.4 Å². The molecule has 0 saturated heterocycles. The van der Waals surface area contributed by atoms with Crippen LogP contribution < -0.4 is 0 Å². The summed E-state index contributed by atoms with van der Waals surface area (Å²) >= 11 is 0. The van der Waals surface area contributed by atoms with E-state index in [2.05, 4.69) is 44.9 Å². The summed E-state index contributed by atoms with van der Waals surface area (Å²) in [5.41, 5.74) is 5.09. The third-order valence-corrected chi connectivity index (χ3v) is 5.20. The van der Waals surface area contributed by atoms with E-state index >= 15 is 0 Å². The van der Waals surface area contributed by atoms with Gasteiger partial charge < -0.3 is 8.98 Å². The molecule has 0 N–H and O–H groups in total. The van der Waals surface area contributed by atoms with Gasteiger partial charge in [-0.15, -0.1) is 0 Å². The van der Waals surface area contributed by atoms with Crippen molar-refractivity contribution in [3.05, 3.63) is 91.5 Å². The van der Waals surface area contributed by atoms with E-state index in [-0.39, 0.29) is 0 Å². The molecule has 0 amide bonds. The topological polar surface area (TPSA) is 43.9 Å². The Bertz CT molecular complexity index is 1440. The molecule has 3 aromatic heterocycles. The maximum Gasteiger partial charge on any atom is 0.159 e. The molecule has 3 aromatic carbocycles. The van der Waals surface area contributed by atoms with E-state index in [4.69, 9.17) is 4.42 Å². The molecule has 6 aromatic rings. The summed E-state index contributed by atoms with van der Waals surface area (Å²) in [6.07, 6.45) is 5.52. The summed E-state index contributed by atoms with van der Waals surface area (Å²) in [6.45, 7) is 0. The van der Waals surface area contributed by atoms with Gasteiger partial charge in [0.25, 0.3) is 0 Å². The van der Waals surface area contributed by atoms with Gasteiger partial charge in [-0.1, -0.05) is 48.5 Å². The second-order valence-corrected chi connectivity index (χ2v) is 6.78. The first kappa shape index (κ1) is 15.2. The first-order chi connectivity index (χ1) is 13.9. The normalized spacial score (nSPS) is 11.6. The SMILES string of the molecule is c1ccc(-c2ncc(-n3c4ccccc4c4c5ccoc5ccc43)cn2)cc1. The minimum atomic E-state index is 0.724. The van der Waals surface area contributed by atoms with Crippen LogP contribution >= 0.6 is 0 Å². The summed E-state index contributed by atoms with van der Waals surface area (Å²) in [6, 6.07) is 24.6. The van der Waals surface area contributed by atoms with Crippen LogP contribution in [0.4, 0.5) is 0 Å². The van der Waals surface area contributed by atoms with Crippen molar-refractivity contribution in [1.82, 2.24) is 14.5 Å². The van der Waals surface area contributed by atoms with Crippen LogP contribution in [0.1, 0.15) is 0 Å². The summed E-state index contributed by atoms with van der Waals surface area (Å²) in [5.74, 6) is 0.724. The van der Waals surface area contributed by atoms with Crippen LogP contribution in [0.5, 0.6) is 0 Å². The van der Waals surface area contributed by atoms with Crippen molar-refractivity contribution in [1.29, 1.82) is 0 Å². The minimum Gasteiger partial charge on any atom is -0.464 e. The molecule has 4 heteroatoms. The fraction of sp³-hybridized carbons (Fsp3) is 0. The summed E-state index contributed by atoms with van der Waals surface area (Å²) < 4.78 is 7.83. The fourth-order valence-corrected chi connectivity index (χ4v) is 3.96. The van der Waals surface area contributed by atoms with Crippen molar-refractivity contribution in [2.75, 3.05) is 0 Å². The Morgan fingerprint density at radius 3 is 2.32 bits per heavy atom. The largest absolute Gasteiger partial charge is 0.464 e. The Hall–Kier alpha value is -3.92. The number of para-hydroxylation sites is 1. The molecule has 6 rings (SSSR count). The number of rotatable bonds is 2. The third-order valence-electron chi connectivity index (χ3n) is 5.20. The fourth-order valence-electron chi connectivity index (χ4n) is 3.96. The van der Waals surface area contributed by atoms with Gasteiger partial charge in [-0.05, 0) is 24.3 Å². The van der Waals surface area contributed by atoms with Gasteiger partial charge in [0.15, 0.2) is 5.82 Å². The van der Waals surface area contributed by atoms with E-state index in [1.165, 1.54) is 10.8 Å². The van der Waals surface area contributed by atoms with E-state index in [0.29, 0.717) is 0 Å². The van der Waals surface area contributed by atoms with Gasteiger partial charge in [0, 0.05) is 21.7 Å². The number of hydrogen-bond acceptors (Lipinski definition) is 3. The Morgan fingerprint density at radius 1 is 0.679 bits per heavy atom. The number of aromatic nitrogens is 3. The molecule has 0 unspecified atom stereocenters. The number of benzene rings is 3. The van der Waals surface area contributed by atoms with Gasteiger partial charge in [0.2, 0.25) is 0 Å². The standard InChI is InChI=1S/C24H15N3O/c1-2-6-16(7-3-1)24-25-14-17(15-26-24)27-20-9-5-4-8-18(20)23-19-12-13-28-22(19)11-10-21(23)27/h1-15H. The lowest BCUT2D eigenvalue weighted by molar-refractivity contribution is 0.616. The van der Waals surface area contributed by atoms with E-state index in [9.17, 15) is 0 Å². The van der Waals surface area contributed by atoms with Gasteiger partial charge in [-0.25, -0.2) is 9.97 Å². The van der Waals surface area contributed by atoms with Gasteiger partial charge in [0.1, 0.15) is 5.58 Å².